The number of sulfonamides is 1. The highest BCUT2D eigenvalue weighted by molar-refractivity contribution is 7.92. The lowest BCUT2D eigenvalue weighted by atomic mass is 10.4. The highest BCUT2D eigenvalue weighted by atomic mass is 32.2. The fourth-order valence-electron chi connectivity index (χ4n) is 1.42. The molecule has 0 fully saturated rings. The molecule has 0 aromatic carbocycles. The monoisotopic (exact) mass is 312 g/mol. The molecule has 0 bridgehead atoms. The van der Waals surface area contributed by atoms with Crippen LogP contribution in [0.5, 0.6) is 0 Å². The Labute approximate surface area is 111 Å². The highest BCUT2D eigenvalue weighted by Crippen LogP contribution is 2.21. The maximum absolute atomic E-state index is 11.9. The van der Waals surface area contributed by atoms with E-state index in [1.165, 1.54) is 13.0 Å². The number of nitrogens with one attached hydrogen (secondary N) is 1. The van der Waals surface area contributed by atoms with Gasteiger partial charge in [-0.1, -0.05) is 0 Å². The van der Waals surface area contributed by atoms with E-state index >= 15 is 0 Å². The van der Waals surface area contributed by atoms with Gasteiger partial charge in [0, 0.05) is 23.7 Å². The van der Waals surface area contributed by atoms with Crippen molar-refractivity contribution in [1.29, 1.82) is 0 Å². The van der Waals surface area contributed by atoms with Gasteiger partial charge in [-0.2, -0.15) is 0 Å². The molecule has 0 saturated carbocycles. The summed E-state index contributed by atoms with van der Waals surface area (Å²) in [5.41, 5.74) is 5.41. The lowest BCUT2D eigenvalue weighted by Gasteiger charge is -2.11. The van der Waals surface area contributed by atoms with Crippen LogP contribution in [0.2, 0.25) is 0 Å². The van der Waals surface area contributed by atoms with Crippen LogP contribution in [0.1, 0.15) is 11.8 Å². The number of thiophene rings is 1. The molecule has 6 nitrogen and oxygen atoms in total. The predicted molar refractivity (Wildman–Crippen MR) is 71.7 cm³/mol. The minimum absolute atomic E-state index is 0.142. The first-order valence-corrected chi connectivity index (χ1v) is 9.49. The maximum atomic E-state index is 11.9. The third-order valence-electron chi connectivity index (χ3n) is 2.01. The molecule has 1 heterocycles. The number of rotatable bonds is 6. The second-order valence-corrected chi connectivity index (χ2v) is 9.33. The van der Waals surface area contributed by atoms with E-state index in [1.807, 2.05) is 0 Å². The van der Waals surface area contributed by atoms with Gasteiger partial charge in [0.2, 0.25) is 10.0 Å². The molecule has 1 atom stereocenters. The average Bonchev–Trinajstić information content (AvgIpc) is 2.61. The Morgan fingerprint density at radius 2 is 1.94 bits per heavy atom. The number of hydrogen-bond acceptors (Lipinski definition) is 6. The Kier molecular flexibility index (Phi) is 4.90. The van der Waals surface area contributed by atoms with Crippen molar-refractivity contribution >= 4 is 31.2 Å². The molecule has 9 heteroatoms. The van der Waals surface area contributed by atoms with Gasteiger partial charge in [-0.25, -0.2) is 21.6 Å². The molecule has 1 aromatic heterocycles. The number of sulfone groups is 1. The van der Waals surface area contributed by atoms with Crippen molar-refractivity contribution < 1.29 is 16.8 Å². The molecule has 1 aromatic rings. The summed E-state index contributed by atoms with van der Waals surface area (Å²) in [5.74, 6) is -0.235. The Balaban J connectivity index is 2.82. The highest BCUT2D eigenvalue weighted by Gasteiger charge is 2.21. The summed E-state index contributed by atoms with van der Waals surface area (Å²) in [7, 11) is -6.89. The predicted octanol–water partition coefficient (Wildman–Crippen LogP) is -0.0818. The Bertz CT molecular complexity index is 604. The molecule has 0 radical (unpaired) electrons. The molecule has 18 heavy (non-hydrogen) atoms. The van der Waals surface area contributed by atoms with E-state index in [1.54, 1.807) is 6.07 Å². The van der Waals surface area contributed by atoms with Crippen LogP contribution in [-0.2, 0) is 26.4 Å². The first-order chi connectivity index (χ1) is 8.14. The first kappa shape index (κ1) is 15.6. The molecule has 0 aliphatic heterocycles. The molecule has 0 saturated heterocycles. The fraction of sp³-hybridized carbons (Fsp3) is 0.556. The Morgan fingerprint density at radius 1 is 1.33 bits per heavy atom. The van der Waals surface area contributed by atoms with Crippen molar-refractivity contribution in [2.45, 2.75) is 23.7 Å². The average molecular weight is 312 g/mol. The van der Waals surface area contributed by atoms with E-state index < -0.39 is 25.9 Å². The summed E-state index contributed by atoms with van der Waals surface area (Å²) in [5, 5.41) is 0. The summed E-state index contributed by atoms with van der Waals surface area (Å²) < 4.78 is 48.4. The maximum Gasteiger partial charge on any atom is 0.250 e. The summed E-state index contributed by atoms with van der Waals surface area (Å²) in [6.45, 7) is 1.79. The minimum atomic E-state index is -3.67. The van der Waals surface area contributed by atoms with Gasteiger partial charge in [-0.15, -0.1) is 11.3 Å². The van der Waals surface area contributed by atoms with Crippen molar-refractivity contribution in [3.8, 4) is 0 Å². The molecular weight excluding hydrogens is 296 g/mol. The van der Waals surface area contributed by atoms with Crippen LogP contribution in [0.25, 0.3) is 0 Å². The van der Waals surface area contributed by atoms with Crippen LogP contribution in [0.3, 0.4) is 0 Å². The zero-order chi connectivity index (χ0) is 14.0. The molecule has 0 aliphatic rings. The second kappa shape index (κ2) is 5.66. The van der Waals surface area contributed by atoms with Crippen molar-refractivity contribution in [2.24, 2.45) is 5.73 Å². The van der Waals surface area contributed by atoms with E-state index in [0.717, 1.165) is 22.5 Å². The van der Waals surface area contributed by atoms with Crippen LogP contribution < -0.4 is 10.5 Å². The van der Waals surface area contributed by atoms with Gasteiger partial charge in [0.1, 0.15) is 14.0 Å². The summed E-state index contributed by atoms with van der Waals surface area (Å²) in [4.78, 5) is 0.756. The van der Waals surface area contributed by atoms with E-state index in [4.69, 9.17) is 5.73 Å². The lowest BCUT2D eigenvalue weighted by Crippen LogP contribution is -2.36. The number of nitrogens with two attached hydrogens (primary N) is 1. The van der Waals surface area contributed by atoms with Crippen LogP contribution in [-0.4, -0.2) is 34.9 Å². The minimum Gasteiger partial charge on any atom is -0.326 e. The summed E-state index contributed by atoms with van der Waals surface area (Å²) in [6, 6.07) is 2.43. The molecule has 0 spiro atoms. The van der Waals surface area contributed by atoms with Gasteiger partial charge in [-0.05, 0) is 19.1 Å². The first-order valence-electron chi connectivity index (χ1n) is 5.13. The molecule has 104 valence electrons. The second-order valence-electron chi connectivity index (χ2n) is 4.04. The quantitative estimate of drug-likeness (QED) is 0.764. The van der Waals surface area contributed by atoms with Gasteiger partial charge < -0.3 is 5.73 Å². The van der Waals surface area contributed by atoms with Gasteiger partial charge in [0.25, 0.3) is 0 Å². The van der Waals surface area contributed by atoms with Crippen LogP contribution in [0.4, 0.5) is 0 Å². The van der Waals surface area contributed by atoms with Crippen molar-refractivity contribution in [2.75, 3.05) is 12.0 Å². The molecule has 0 aliphatic carbocycles. The van der Waals surface area contributed by atoms with E-state index in [2.05, 4.69) is 4.72 Å². The van der Waals surface area contributed by atoms with E-state index in [0.29, 0.717) is 0 Å². The lowest BCUT2D eigenvalue weighted by molar-refractivity contribution is 0.566. The van der Waals surface area contributed by atoms with E-state index in [-0.39, 0.29) is 16.5 Å². The standard InChI is InChI=1S/C9H16N2O4S3/c1-7(6-17(2,12)13)11-18(14,15)9-4-3-8(5-10)16-9/h3-4,7,11H,5-6,10H2,1-2H3. The molecule has 1 unspecified atom stereocenters. The van der Waals surface area contributed by atoms with Gasteiger partial charge in [0.05, 0.1) is 5.75 Å². The fourth-order valence-corrected chi connectivity index (χ4v) is 5.02. The number of hydrogen-bond donors (Lipinski definition) is 2. The Hall–Kier alpha value is -0.480. The topological polar surface area (TPSA) is 106 Å². The van der Waals surface area contributed by atoms with Crippen molar-refractivity contribution in [3.05, 3.63) is 17.0 Å². The van der Waals surface area contributed by atoms with Gasteiger partial charge in [0.15, 0.2) is 0 Å². The van der Waals surface area contributed by atoms with Crippen molar-refractivity contribution in [1.82, 2.24) is 4.72 Å². The van der Waals surface area contributed by atoms with Gasteiger partial charge >= 0.3 is 0 Å². The van der Waals surface area contributed by atoms with Gasteiger partial charge in [-0.3, -0.25) is 0 Å². The molecule has 0 amide bonds. The zero-order valence-corrected chi connectivity index (χ0v) is 12.5. The largest absolute Gasteiger partial charge is 0.326 e. The molecular formula is C9H16N2O4S3. The van der Waals surface area contributed by atoms with E-state index in [9.17, 15) is 16.8 Å². The smallest absolute Gasteiger partial charge is 0.250 e. The summed E-state index contributed by atoms with van der Waals surface area (Å²) >= 11 is 1.07. The SMILES string of the molecule is CC(CS(C)(=O)=O)NS(=O)(=O)c1ccc(CN)s1. The third-order valence-corrected chi connectivity index (χ3v) is 6.31. The normalized spacial score (nSPS) is 14.6. The summed E-state index contributed by atoms with van der Waals surface area (Å²) in [6.07, 6.45) is 1.06. The zero-order valence-electron chi connectivity index (χ0n) is 10.1. The third kappa shape index (κ3) is 4.65. The van der Waals surface area contributed by atoms with Crippen LogP contribution in [0, 0.1) is 0 Å². The van der Waals surface area contributed by atoms with Crippen LogP contribution >= 0.6 is 11.3 Å². The van der Waals surface area contributed by atoms with Crippen LogP contribution in [0.15, 0.2) is 16.3 Å². The Morgan fingerprint density at radius 3 is 2.39 bits per heavy atom. The molecule has 1 rings (SSSR count). The molecule has 3 N–H and O–H groups in total. The van der Waals surface area contributed by atoms with Crippen molar-refractivity contribution in [3.63, 3.8) is 0 Å².